The predicted molar refractivity (Wildman–Crippen MR) is 97.5 cm³/mol. The summed E-state index contributed by atoms with van der Waals surface area (Å²) in [5, 5.41) is 24.0. The summed E-state index contributed by atoms with van der Waals surface area (Å²) in [6.07, 6.45) is 1.50. The van der Waals surface area contributed by atoms with Crippen LogP contribution in [0.4, 0.5) is 5.69 Å². The van der Waals surface area contributed by atoms with Gasteiger partial charge in [0, 0.05) is 24.4 Å². The molecule has 0 unspecified atom stereocenters. The molecule has 2 aromatic carbocycles. The summed E-state index contributed by atoms with van der Waals surface area (Å²) < 4.78 is 12.1. The average Bonchev–Trinajstić information content (AvgIpc) is 3.20. The van der Waals surface area contributed by atoms with E-state index in [0.29, 0.717) is 17.9 Å². The molecule has 0 aliphatic heterocycles. The van der Waals surface area contributed by atoms with E-state index in [1.54, 1.807) is 13.0 Å². The van der Waals surface area contributed by atoms with E-state index in [1.165, 1.54) is 53.3 Å². The zero-order chi connectivity index (χ0) is 20.1. The second-order valence-electron chi connectivity index (χ2n) is 5.52. The minimum absolute atomic E-state index is 0.0123. The molecule has 1 aromatic heterocycles. The monoisotopic (exact) mass is 378 g/mol. The summed E-state index contributed by atoms with van der Waals surface area (Å²) in [6, 6.07) is 13.7. The Morgan fingerprint density at radius 3 is 2.79 bits per heavy atom. The van der Waals surface area contributed by atoms with E-state index in [0.717, 1.165) is 0 Å². The highest BCUT2D eigenvalue weighted by Crippen LogP contribution is 2.29. The van der Waals surface area contributed by atoms with Gasteiger partial charge in [-0.3, -0.25) is 10.1 Å². The molecule has 0 amide bonds. The fourth-order valence-corrected chi connectivity index (χ4v) is 2.41. The quantitative estimate of drug-likeness (QED) is 0.279. The highest BCUT2D eigenvalue weighted by molar-refractivity contribution is 5.89. The number of benzene rings is 2. The van der Waals surface area contributed by atoms with Crippen molar-refractivity contribution in [1.29, 1.82) is 5.26 Å². The molecule has 3 rings (SSSR count). The van der Waals surface area contributed by atoms with Crippen LogP contribution in [-0.4, -0.2) is 27.3 Å². The lowest BCUT2D eigenvalue weighted by molar-refractivity contribution is -0.384. The highest BCUT2D eigenvalue weighted by atomic mass is 16.6. The number of nitrogens with zero attached hydrogens (tertiary/aromatic N) is 4. The molecule has 0 fully saturated rings. The Kier molecular flexibility index (Phi) is 5.32. The van der Waals surface area contributed by atoms with Crippen molar-refractivity contribution in [3.05, 3.63) is 76.1 Å². The summed E-state index contributed by atoms with van der Waals surface area (Å²) in [5.41, 5.74) is 0.731. The summed E-state index contributed by atoms with van der Waals surface area (Å²) in [5.74, 6) is -0.293. The lowest BCUT2D eigenvalue weighted by Gasteiger charge is -2.10. The standard InChI is InChI=1S/C19H14N4O5/c1-2-27-18-10-13(12-20)6-7-17(18)28-19(24)16-8-9-22(21-16)14-4-3-5-15(11-14)23(25)26/h3-11H,2H2,1H3. The maximum Gasteiger partial charge on any atom is 0.364 e. The first-order chi connectivity index (χ1) is 13.5. The number of nitriles is 1. The Hall–Kier alpha value is -4.19. The second-order valence-corrected chi connectivity index (χ2v) is 5.52. The van der Waals surface area contributed by atoms with E-state index in [2.05, 4.69) is 5.10 Å². The number of carbonyl (C=O) groups is 1. The van der Waals surface area contributed by atoms with Crippen LogP contribution in [0.2, 0.25) is 0 Å². The number of esters is 1. The summed E-state index contributed by atoms with van der Waals surface area (Å²) in [4.78, 5) is 22.8. The normalized spacial score (nSPS) is 10.1. The van der Waals surface area contributed by atoms with E-state index in [1.807, 2.05) is 6.07 Å². The average molecular weight is 378 g/mol. The molecule has 0 aliphatic rings. The van der Waals surface area contributed by atoms with Crippen LogP contribution in [0.1, 0.15) is 23.0 Å². The van der Waals surface area contributed by atoms with Gasteiger partial charge in [0.05, 0.1) is 28.9 Å². The number of carbonyl (C=O) groups excluding carboxylic acids is 1. The van der Waals surface area contributed by atoms with Crippen molar-refractivity contribution in [2.45, 2.75) is 6.92 Å². The van der Waals surface area contributed by atoms with Crippen molar-refractivity contribution in [3.8, 4) is 23.3 Å². The Morgan fingerprint density at radius 1 is 1.25 bits per heavy atom. The van der Waals surface area contributed by atoms with Gasteiger partial charge in [-0.2, -0.15) is 10.4 Å². The highest BCUT2D eigenvalue weighted by Gasteiger charge is 2.17. The fourth-order valence-electron chi connectivity index (χ4n) is 2.41. The Balaban J connectivity index is 1.83. The molecule has 0 bridgehead atoms. The molecule has 0 saturated carbocycles. The molecule has 140 valence electrons. The van der Waals surface area contributed by atoms with Crippen LogP contribution in [-0.2, 0) is 0 Å². The maximum absolute atomic E-state index is 12.4. The van der Waals surface area contributed by atoms with Crippen molar-refractivity contribution in [1.82, 2.24) is 9.78 Å². The van der Waals surface area contributed by atoms with E-state index < -0.39 is 10.9 Å². The van der Waals surface area contributed by atoms with Crippen LogP contribution in [0.3, 0.4) is 0 Å². The third-order valence-electron chi connectivity index (χ3n) is 3.68. The zero-order valence-electron chi connectivity index (χ0n) is 14.7. The van der Waals surface area contributed by atoms with Crippen LogP contribution >= 0.6 is 0 Å². The number of nitro groups is 1. The first-order valence-corrected chi connectivity index (χ1v) is 8.21. The molecule has 3 aromatic rings. The lowest BCUT2D eigenvalue weighted by Crippen LogP contribution is -2.11. The van der Waals surface area contributed by atoms with Crippen LogP contribution in [0.25, 0.3) is 5.69 Å². The predicted octanol–water partition coefficient (Wildman–Crippen LogP) is 3.27. The topological polar surface area (TPSA) is 120 Å². The third kappa shape index (κ3) is 3.96. The number of hydrogen-bond acceptors (Lipinski definition) is 7. The Labute approximate surface area is 159 Å². The summed E-state index contributed by atoms with van der Waals surface area (Å²) >= 11 is 0. The van der Waals surface area contributed by atoms with Crippen molar-refractivity contribution < 1.29 is 19.2 Å². The molecule has 0 N–H and O–H groups in total. The smallest absolute Gasteiger partial charge is 0.364 e. The number of rotatable bonds is 6. The van der Waals surface area contributed by atoms with Crippen molar-refractivity contribution >= 4 is 11.7 Å². The molecular weight excluding hydrogens is 364 g/mol. The second kappa shape index (κ2) is 8.01. The first-order valence-electron chi connectivity index (χ1n) is 8.21. The van der Waals surface area contributed by atoms with Crippen LogP contribution in [0, 0.1) is 21.4 Å². The van der Waals surface area contributed by atoms with Gasteiger partial charge in [0.2, 0.25) is 0 Å². The molecule has 0 aliphatic carbocycles. The number of non-ortho nitro benzene ring substituents is 1. The van der Waals surface area contributed by atoms with Crippen LogP contribution in [0.5, 0.6) is 11.5 Å². The van der Waals surface area contributed by atoms with Gasteiger partial charge in [0.1, 0.15) is 0 Å². The van der Waals surface area contributed by atoms with Gasteiger partial charge in [-0.05, 0) is 31.2 Å². The van der Waals surface area contributed by atoms with Crippen molar-refractivity contribution in [3.63, 3.8) is 0 Å². The molecule has 28 heavy (non-hydrogen) atoms. The third-order valence-corrected chi connectivity index (χ3v) is 3.68. The number of aromatic nitrogens is 2. The lowest BCUT2D eigenvalue weighted by atomic mass is 10.2. The largest absolute Gasteiger partial charge is 0.490 e. The van der Waals surface area contributed by atoms with E-state index in [4.69, 9.17) is 14.7 Å². The molecule has 0 spiro atoms. The molecule has 9 nitrogen and oxygen atoms in total. The minimum Gasteiger partial charge on any atom is -0.490 e. The summed E-state index contributed by atoms with van der Waals surface area (Å²) in [6.45, 7) is 2.10. The fraction of sp³-hybridized carbons (Fsp3) is 0.105. The van der Waals surface area contributed by atoms with E-state index >= 15 is 0 Å². The van der Waals surface area contributed by atoms with Gasteiger partial charge < -0.3 is 9.47 Å². The minimum atomic E-state index is -0.727. The number of hydrogen-bond donors (Lipinski definition) is 0. The van der Waals surface area contributed by atoms with Gasteiger partial charge >= 0.3 is 5.97 Å². The van der Waals surface area contributed by atoms with Crippen molar-refractivity contribution in [2.75, 3.05) is 6.61 Å². The van der Waals surface area contributed by atoms with Gasteiger partial charge in [-0.15, -0.1) is 0 Å². The molecule has 9 heteroatoms. The molecule has 0 radical (unpaired) electrons. The molecule has 0 saturated heterocycles. The van der Waals surface area contributed by atoms with Crippen LogP contribution < -0.4 is 9.47 Å². The van der Waals surface area contributed by atoms with Gasteiger partial charge in [0.15, 0.2) is 17.2 Å². The van der Waals surface area contributed by atoms with Crippen molar-refractivity contribution in [2.24, 2.45) is 0 Å². The van der Waals surface area contributed by atoms with E-state index in [-0.39, 0.29) is 22.9 Å². The van der Waals surface area contributed by atoms with Gasteiger partial charge in [-0.25, -0.2) is 9.48 Å². The van der Waals surface area contributed by atoms with Gasteiger partial charge in [0.25, 0.3) is 5.69 Å². The number of ether oxygens (including phenoxy) is 2. The number of nitro benzene ring substituents is 1. The Morgan fingerprint density at radius 2 is 2.07 bits per heavy atom. The zero-order valence-corrected chi connectivity index (χ0v) is 14.7. The Bertz CT molecular complexity index is 1080. The SMILES string of the molecule is CCOc1cc(C#N)ccc1OC(=O)c1ccn(-c2cccc([N+](=O)[O-])c2)n1. The molecule has 0 atom stereocenters. The first kappa shape index (κ1) is 18.6. The van der Waals surface area contributed by atoms with Crippen LogP contribution in [0.15, 0.2) is 54.7 Å². The maximum atomic E-state index is 12.4. The van der Waals surface area contributed by atoms with Gasteiger partial charge in [-0.1, -0.05) is 6.07 Å². The molecule has 1 heterocycles. The van der Waals surface area contributed by atoms with E-state index in [9.17, 15) is 14.9 Å². The molecular formula is C19H14N4O5. The summed E-state index contributed by atoms with van der Waals surface area (Å²) in [7, 11) is 0.